The summed E-state index contributed by atoms with van der Waals surface area (Å²) in [6.07, 6.45) is 5.35. The Labute approximate surface area is 125 Å². The fraction of sp³-hybridized carbons (Fsp3) is 0.571. The number of carbonyl (C=O) groups is 1. The van der Waals surface area contributed by atoms with Crippen LogP contribution in [0.3, 0.4) is 0 Å². The average molecular weight is 311 g/mol. The summed E-state index contributed by atoms with van der Waals surface area (Å²) in [7, 11) is -3.57. The third-order valence-corrected chi connectivity index (χ3v) is 5.07. The highest BCUT2D eigenvalue weighted by atomic mass is 32.2. The monoisotopic (exact) mass is 311 g/mol. The molecule has 1 aromatic heterocycles. The minimum atomic E-state index is -3.57. The molecular formula is C14H21N3O3S. The van der Waals surface area contributed by atoms with Crippen molar-refractivity contribution >= 4 is 15.9 Å². The normalized spacial score (nSPS) is 20.3. The van der Waals surface area contributed by atoms with Crippen LogP contribution in [0.1, 0.15) is 32.6 Å². The minimum absolute atomic E-state index is 0.111. The van der Waals surface area contributed by atoms with E-state index in [2.05, 4.69) is 9.71 Å². The van der Waals surface area contributed by atoms with Gasteiger partial charge >= 0.3 is 0 Å². The van der Waals surface area contributed by atoms with Gasteiger partial charge in [-0.15, -0.1) is 0 Å². The highest BCUT2D eigenvalue weighted by Crippen LogP contribution is 2.15. The summed E-state index contributed by atoms with van der Waals surface area (Å²) in [5, 5.41) is 0. The van der Waals surface area contributed by atoms with Crippen LogP contribution in [0.2, 0.25) is 0 Å². The molecule has 21 heavy (non-hydrogen) atoms. The van der Waals surface area contributed by atoms with Crippen LogP contribution < -0.4 is 4.72 Å². The van der Waals surface area contributed by atoms with Crippen molar-refractivity contribution in [2.24, 2.45) is 0 Å². The molecule has 1 aliphatic rings. The molecule has 0 saturated carbocycles. The van der Waals surface area contributed by atoms with Gasteiger partial charge in [-0.05, 0) is 31.4 Å². The first-order valence-corrected chi connectivity index (χ1v) is 8.71. The van der Waals surface area contributed by atoms with Gasteiger partial charge in [-0.2, -0.15) is 0 Å². The molecule has 1 amide bonds. The molecule has 1 saturated heterocycles. The van der Waals surface area contributed by atoms with E-state index in [-0.39, 0.29) is 16.8 Å². The van der Waals surface area contributed by atoms with Gasteiger partial charge in [0.25, 0.3) is 0 Å². The van der Waals surface area contributed by atoms with E-state index in [9.17, 15) is 13.2 Å². The summed E-state index contributed by atoms with van der Waals surface area (Å²) in [6.45, 7) is 3.37. The summed E-state index contributed by atoms with van der Waals surface area (Å²) in [6, 6.07) is 2.90. The van der Waals surface area contributed by atoms with Crippen molar-refractivity contribution in [3.8, 4) is 0 Å². The van der Waals surface area contributed by atoms with Gasteiger partial charge in [0, 0.05) is 37.9 Å². The van der Waals surface area contributed by atoms with E-state index in [0.717, 1.165) is 13.0 Å². The number of rotatable bonds is 5. The van der Waals surface area contributed by atoms with Crippen LogP contribution in [-0.4, -0.2) is 43.3 Å². The van der Waals surface area contributed by atoms with E-state index >= 15 is 0 Å². The third-order valence-electron chi connectivity index (χ3n) is 3.57. The Morgan fingerprint density at radius 2 is 2.24 bits per heavy atom. The van der Waals surface area contributed by atoms with Crippen molar-refractivity contribution in [2.75, 3.05) is 13.1 Å². The third kappa shape index (κ3) is 4.25. The van der Waals surface area contributed by atoms with Gasteiger partial charge < -0.3 is 4.90 Å². The predicted octanol–water partition coefficient (Wildman–Crippen LogP) is 1.15. The van der Waals surface area contributed by atoms with Gasteiger partial charge in [-0.3, -0.25) is 9.78 Å². The Bertz CT molecular complexity index is 574. The van der Waals surface area contributed by atoms with Crippen LogP contribution in [0.4, 0.5) is 0 Å². The van der Waals surface area contributed by atoms with Crippen molar-refractivity contribution < 1.29 is 13.2 Å². The number of likely N-dealkylation sites (tertiary alicyclic amines) is 1. The number of hydrogen-bond donors (Lipinski definition) is 1. The van der Waals surface area contributed by atoms with Crippen LogP contribution in [0.15, 0.2) is 29.4 Å². The molecule has 0 aliphatic carbocycles. The van der Waals surface area contributed by atoms with Crippen molar-refractivity contribution in [2.45, 2.75) is 43.5 Å². The molecule has 7 heteroatoms. The average Bonchev–Trinajstić information content (AvgIpc) is 2.64. The first kappa shape index (κ1) is 15.9. The molecule has 2 heterocycles. The van der Waals surface area contributed by atoms with Crippen LogP contribution >= 0.6 is 0 Å². The summed E-state index contributed by atoms with van der Waals surface area (Å²) < 4.78 is 27.2. The maximum absolute atomic E-state index is 12.3. The minimum Gasteiger partial charge on any atom is -0.343 e. The van der Waals surface area contributed by atoms with Gasteiger partial charge in [0.2, 0.25) is 15.9 Å². The second-order valence-corrected chi connectivity index (χ2v) is 6.93. The lowest BCUT2D eigenvalue weighted by Gasteiger charge is -2.20. The van der Waals surface area contributed by atoms with Crippen LogP contribution in [0, 0.1) is 0 Å². The number of hydrogen-bond acceptors (Lipinski definition) is 4. The van der Waals surface area contributed by atoms with Gasteiger partial charge in [-0.25, -0.2) is 13.1 Å². The molecule has 1 unspecified atom stereocenters. The largest absolute Gasteiger partial charge is 0.343 e. The molecule has 0 bridgehead atoms. The summed E-state index contributed by atoms with van der Waals surface area (Å²) in [5.74, 6) is 0.111. The van der Waals surface area contributed by atoms with E-state index in [1.807, 2.05) is 11.8 Å². The topological polar surface area (TPSA) is 79.4 Å². The van der Waals surface area contributed by atoms with Crippen molar-refractivity contribution in [3.63, 3.8) is 0 Å². The molecule has 1 atom stereocenters. The van der Waals surface area contributed by atoms with Gasteiger partial charge in [0.1, 0.15) is 4.90 Å². The number of amides is 1. The van der Waals surface area contributed by atoms with E-state index in [4.69, 9.17) is 0 Å². The smallest absolute Gasteiger partial charge is 0.242 e. The van der Waals surface area contributed by atoms with E-state index in [1.165, 1.54) is 18.5 Å². The highest BCUT2D eigenvalue weighted by molar-refractivity contribution is 7.89. The van der Waals surface area contributed by atoms with Crippen molar-refractivity contribution in [1.29, 1.82) is 0 Å². The SMILES string of the molecule is CCCN1CCC(NS(=O)(=O)c2cccnc2)CCC1=O. The predicted molar refractivity (Wildman–Crippen MR) is 79.1 cm³/mol. The number of nitrogens with zero attached hydrogens (tertiary/aromatic N) is 2. The molecule has 1 aliphatic heterocycles. The Morgan fingerprint density at radius 1 is 1.43 bits per heavy atom. The molecule has 6 nitrogen and oxygen atoms in total. The Kier molecular flexibility index (Phi) is 5.30. The van der Waals surface area contributed by atoms with Gasteiger partial charge in [0.05, 0.1) is 0 Å². The molecule has 1 fully saturated rings. The quantitative estimate of drug-likeness (QED) is 0.884. The molecule has 1 N–H and O–H groups in total. The van der Waals surface area contributed by atoms with Crippen LogP contribution in [0.25, 0.3) is 0 Å². The maximum atomic E-state index is 12.3. The number of carbonyl (C=O) groups excluding carboxylic acids is 1. The van der Waals surface area contributed by atoms with Gasteiger partial charge in [-0.1, -0.05) is 6.92 Å². The first-order chi connectivity index (χ1) is 10.0. The van der Waals surface area contributed by atoms with Crippen LogP contribution in [-0.2, 0) is 14.8 Å². The lowest BCUT2D eigenvalue weighted by Crippen LogP contribution is -2.36. The lowest BCUT2D eigenvalue weighted by molar-refractivity contribution is -0.130. The molecule has 0 radical (unpaired) electrons. The zero-order chi connectivity index (χ0) is 15.3. The molecule has 0 spiro atoms. The van der Waals surface area contributed by atoms with Crippen molar-refractivity contribution in [1.82, 2.24) is 14.6 Å². The number of pyridine rings is 1. The zero-order valence-corrected chi connectivity index (χ0v) is 13.0. The fourth-order valence-electron chi connectivity index (χ4n) is 2.45. The van der Waals surface area contributed by atoms with E-state index < -0.39 is 10.0 Å². The maximum Gasteiger partial charge on any atom is 0.242 e. The summed E-state index contributed by atoms with van der Waals surface area (Å²) in [4.78, 5) is 17.7. The van der Waals surface area contributed by atoms with Crippen molar-refractivity contribution in [3.05, 3.63) is 24.5 Å². The van der Waals surface area contributed by atoms with Gasteiger partial charge in [0.15, 0.2) is 0 Å². The van der Waals surface area contributed by atoms with Crippen LogP contribution in [0.5, 0.6) is 0 Å². The molecule has 1 aromatic rings. The highest BCUT2D eigenvalue weighted by Gasteiger charge is 2.25. The second kappa shape index (κ2) is 7.00. The van der Waals surface area contributed by atoms with E-state index in [1.54, 1.807) is 6.07 Å². The number of sulfonamides is 1. The standard InChI is InChI=1S/C14H21N3O3S/c1-2-9-17-10-7-12(5-6-14(17)18)16-21(19,20)13-4-3-8-15-11-13/h3-4,8,11-12,16H,2,5-7,9-10H2,1H3. The fourth-order valence-corrected chi connectivity index (χ4v) is 3.72. The Balaban J connectivity index is 2.02. The summed E-state index contributed by atoms with van der Waals surface area (Å²) in [5.41, 5.74) is 0. The Morgan fingerprint density at radius 3 is 2.90 bits per heavy atom. The molecule has 2 rings (SSSR count). The lowest BCUT2D eigenvalue weighted by atomic mass is 10.1. The first-order valence-electron chi connectivity index (χ1n) is 7.23. The number of aromatic nitrogens is 1. The zero-order valence-electron chi connectivity index (χ0n) is 12.2. The summed E-state index contributed by atoms with van der Waals surface area (Å²) >= 11 is 0. The van der Waals surface area contributed by atoms with E-state index in [0.29, 0.717) is 25.8 Å². The number of nitrogens with one attached hydrogen (secondary N) is 1. The molecule has 0 aromatic carbocycles. The second-order valence-electron chi connectivity index (χ2n) is 5.22. The molecule has 116 valence electrons. The Hall–Kier alpha value is -1.47. The molecular weight excluding hydrogens is 290 g/mol.